The number of carbonyl (C=O) groups is 3. The summed E-state index contributed by atoms with van der Waals surface area (Å²) in [7, 11) is 0. The van der Waals surface area contributed by atoms with E-state index in [2.05, 4.69) is 16.0 Å². The molecule has 2 amide bonds. The Kier molecular flexibility index (Phi) is 6.69. The molecular formula is C17H22N4O6. The molecule has 10 nitrogen and oxygen atoms in total. The highest BCUT2D eigenvalue weighted by atomic mass is 16.6. The van der Waals surface area contributed by atoms with Crippen molar-refractivity contribution in [1.29, 1.82) is 0 Å². The van der Waals surface area contributed by atoms with Gasteiger partial charge in [0.1, 0.15) is 11.7 Å². The van der Waals surface area contributed by atoms with Crippen LogP contribution in [0.25, 0.3) is 0 Å². The lowest BCUT2D eigenvalue weighted by Gasteiger charge is -2.13. The maximum Gasteiger partial charge on any atom is 0.338 e. The number of nitro groups is 1. The highest BCUT2D eigenvalue weighted by Gasteiger charge is 2.26. The van der Waals surface area contributed by atoms with Crippen molar-refractivity contribution in [2.45, 2.75) is 38.8 Å². The van der Waals surface area contributed by atoms with E-state index in [9.17, 15) is 24.5 Å². The van der Waals surface area contributed by atoms with Crippen LogP contribution in [0.5, 0.6) is 0 Å². The van der Waals surface area contributed by atoms with Crippen molar-refractivity contribution >= 4 is 29.2 Å². The predicted octanol–water partition coefficient (Wildman–Crippen LogP) is 0.967. The van der Waals surface area contributed by atoms with Gasteiger partial charge in [0.15, 0.2) is 6.61 Å². The van der Waals surface area contributed by atoms with E-state index >= 15 is 0 Å². The fourth-order valence-corrected chi connectivity index (χ4v) is 2.27. The summed E-state index contributed by atoms with van der Waals surface area (Å²) in [5.74, 6) is -1.87. The van der Waals surface area contributed by atoms with Gasteiger partial charge in [0.2, 0.25) is 5.91 Å². The van der Waals surface area contributed by atoms with Crippen LogP contribution in [0, 0.1) is 10.1 Å². The largest absolute Gasteiger partial charge is 0.452 e. The van der Waals surface area contributed by atoms with Crippen LogP contribution in [0.15, 0.2) is 18.2 Å². The van der Waals surface area contributed by atoms with Gasteiger partial charge in [-0.3, -0.25) is 19.7 Å². The summed E-state index contributed by atoms with van der Waals surface area (Å²) < 4.78 is 4.87. The van der Waals surface area contributed by atoms with Gasteiger partial charge in [-0.25, -0.2) is 4.79 Å². The molecular weight excluding hydrogens is 356 g/mol. The van der Waals surface area contributed by atoms with E-state index in [0.717, 1.165) is 18.9 Å². The van der Waals surface area contributed by atoms with Crippen LogP contribution in [-0.4, -0.2) is 47.9 Å². The smallest absolute Gasteiger partial charge is 0.338 e. The molecule has 0 bridgehead atoms. The normalized spacial score (nSPS) is 14.0. The van der Waals surface area contributed by atoms with E-state index in [1.807, 2.05) is 0 Å². The second kappa shape index (κ2) is 8.97. The number of likely N-dealkylation sites (N-methyl/N-ethyl adjacent to an activating group) is 1. The Morgan fingerprint density at radius 2 is 2.04 bits per heavy atom. The van der Waals surface area contributed by atoms with Gasteiger partial charge in [-0.2, -0.15) is 0 Å². The molecule has 1 aliphatic rings. The second-order valence-electron chi connectivity index (χ2n) is 6.17. The minimum Gasteiger partial charge on any atom is -0.452 e. The molecule has 0 radical (unpaired) electrons. The lowest BCUT2D eigenvalue weighted by atomic mass is 10.1. The van der Waals surface area contributed by atoms with Gasteiger partial charge in [0.25, 0.3) is 11.6 Å². The number of nitro benzene ring substituents is 1. The lowest BCUT2D eigenvalue weighted by Crippen LogP contribution is -2.46. The minimum atomic E-state index is -0.864. The first-order chi connectivity index (χ1) is 12.8. The van der Waals surface area contributed by atoms with E-state index in [1.54, 1.807) is 6.92 Å². The highest BCUT2D eigenvalue weighted by molar-refractivity contribution is 5.93. The Morgan fingerprint density at radius 1 is 1.33 bits per heavy atom. The number of benzene rings is 1. The molecule has 0 spiro atoms. The Bertz CT molecular complexity index is 747. The van der Waals surface area contributed by atoms with Gasteiger partial charge in [-0.05, 0) is 38.8 Å². The van der Waals surface area contributed by atoms with E-state index in [0.29, 0.717) is 12.2 Å². The summed E-state index contributed by atoms with van der Waals surface area (Å²) in [5.41, 5.74) is 0.0748. The van der Waals surface area contributed by atoms with Crippen LogP contribution in [0.3, 0.4) is 0 Å². The van der Waals surface area contributed by atoms with E-state index in [4.69, 9.17) is 4.74 Å². The van der Waals surface area contributed by atoms with Crippen molar-refractivity contribution in [2.24, 2.45) is 0 Å². The molecule has 146 valence electrons. The highest BCUT2D eigenvalue weighted by Crippen LogP contribution is 2.31. The maximum atomic E-state index is 12.1. The standard InChI is InChI=1S/C17H22N4O6/c1-3-18-16(23)10(2)19-15(22)9-27-17(24)11-4-7-13(20-12-5-6-12)14(8-11)21(25)26/h4,7-8,10,12,20H,3,5-6,9H2,1-2H3,(H,18,23)(H,19,22)/t10-/m1/s1. The minimum absolute atomic E-state index is 0.0346. The molecule has 2 rings (SSSR count). The van der Waals surface area contributed by atoms with Crippen molar-refractivity contribution in [3.63, 3.8) is 0 Å². The van der Waals surface area contributed by atoms with Crippen LogP contribution < -0.4 is 16.0 Å². The Balaban J connectivity index is 1.93. The molecule has 0 unspecified atom stereocenters. The number of esters is 1. The predicted molar refractivity (Wildman–Crippen MR) is 96.3 cm³/mol. The molecule has 1 aliphatic carbocycles. The van der Waals surface area contributed by atoms with Crippen LogP contribution in [0.4, 0.5) is 11.4 Å². The van der Waals surface area contributed by atoms with Crippen LogP contribution in [-0.2, 0) is 14.3 Å². The maximum absolute atomic E-state index is 12.1. The third kappa shape index (κ3) is 5.94. The molecule has 1 fully saturated rings. The van der Waals surface area contributed by atoms with Crippen molar-refractivity contribution in [2.75, 3.05) is 18.5 Å². The third-order valence-electron chi connectivity index (χ3n) is 3.82. The molecule has 10 heteroatoms. The van der Waals surface area contributed by atoms with Gasteiger partial charge in [0.05, 0.1) is 10.5 Å². The first-order valence-electron chi connectivity index (χ1n) is 8.61. The fourth-order valence-electron chi connectivity index (χ4n) is 2.27. The second-order valence-corrected chi connectivity index (χ2v) is 6.17. The monoisotopic (exact) mass is 378 g/mol. The zero-order valence-electron chi connectivity index (χ0n) is 15.1. The van der Waals surface area contributed by atoms with Crippen LogP contribution >= 0.6 is 0 Å². The van der Waals surface area contributed by atoms with Crippen LogP contribution in [0.1, 0.15) is 37.0 Å². The third-order valence-corrected chi connectivity index (χ3v) is 3.82. The average Bonchev–Trinajstić information content (AvgIpc) is 3.44. The summed E-state index contributed by atoms with van der Waals surface area (Å²) in [5, 5.41) is 19.2. The van der Waals surface area contributed by atoms with Gasteiger partial charge < -0.3 is 20.7 Å². The number of hydrogen-bond donors (Lipinski definition) is 3. The first-order valence-corrected chi connectivity index (χ1v) is 8.61. The van der Waals surface area contributed by atoms with Crippen molar-refractivity contribution in [3.8, 4) is 0 Å². The van der Waals surface area contributed by atoms with Gasteiger partial charge in [-0.1, -0.05) is 0 Å². The Hall–Kier alpha value is -3.17. The number of nitrogens with one attached hydrogen (secondary N) is 3. The van der Waals surface area contributed by atoms with E-state index < -0.39 is 29.4 Å². The number of ether oxygens (including phenoxy) is 1. The quantitative estimate of drug-likeness (QED) is 0.330. The van der Waals surface area contributed by atoms with E-state index in [-0.39, 0.29) is 23.2 Å². The molecule has 0 aromatic heterocycles. The summed E-state index contributed by atoms with van der Waals surface area (Å²) in [6.45, 7) is 3.08. The van der Waals surface area contributed by atoms with Crippen molar-refractivity contribution < 1.29 is 24.0 Å². The van der Waals surface area contributed by atoms with Crippen molar-refractivity contribution in [1.82, 2.24) is 10.6 Å². The average molecular weight is 378 g/mol. The number of nitrogens with zero attached hydrogens (tertiary/aromatic N) is 1. The zero-order chi connectivity index (χ0) is 20.0. The Labute approximate surface area is 155 Å². The van der Waals surface area contributed by atoms with Gasteiger partial charge >= 0.3 is 5.97 Å². The van der Waals surface area contributed by atoms with Gasteiger partial charge in [0, 0.05) is 18.7 Å². The summed E-state index contributed by atoms with van der Waals surface area (Å²) in [4.78, 5) is 46.0. The molecule has 1 saturated carbocycles. The molecule has 0 saturated heterocycles. The SMILES string of the molecule is CCNC(=O)[C@@H](C)NC(=O)COC(=O)c1ccc(NC2CC2)c([N+](=O)[O-])c1. The summed E-state index contributed by atoms with van der Waals surface area (Å²) in [6, 6.07) is 3.41. The van der Waals surface area contributed by atoms with Crippen LogP contribution in [0.2, 0.25) is 0 Å². The molecule has 1 aromatic carbocycles. The number of rotatable bonds is 9. The number of amides is 2. The summed E-state index contributed by atoms with van der Waals surface area (Å²) >= 11 is 0. The molecule has 3 N–H and O–H groups in total. The number of anilines is 1. The topological polar surface area (TPSA) is 140 Å². The van der Waals surface area contributed by atoms with Crippen molar-refractivity contribution in [3.05, 3.63) is 33.9 Å². The molecule has 1 aromatic rings. The number of carbonyl (C=O) groups excluding carboxylic acids is 3. The zero-order valence-corrected chi connectivity index (χ0v) is 15.1. The lowest BCUT2D eigenvalue weighted by molar-refractivity contribution is -0.384. The summed E-state index contributed by atoms with van der Waals surface area (Å²) in [6.07, 6.45) is 1.90. The molecule has 0 aliphatic heterocycles. The molecule has 0 heterocycles. The molecule has 27 heavy (non-hydrogen) atoms. The van der Waals surface area contributed by atoms with Gasteiger partial charge in [-0.15, -0.1) is 0 Å². The fraction of sp³-hybridized carbons (Fsp3) is 0.471. The Morgan fingerprint density at radius 3 is 2.63 bits per heavy atom. The van der Waals surface area contributed by atoms with E-state index in [1.165, 1.54) is 19.1 Å². The molecule has 1 atom stereocenters. The number of hydrogen-bond acceptors (Lipinski definition) is 7. The first kappa shape index (κ1) is 20.1.